The molecular weight excluding hydrogens is 643 g/mol. The van der Waals surface area contributed by atoms with E-state index in [0.29, 0.717) is 43.8 Å². The number of hydrogen-bond donors (Lipinski definition) is 1. The van der Waals surface area contributed by atoms with E-state index in [1.165, 1.54) is 0 Å². The highest BCUT2D eigenvalue weighted by molar-refractivity contribution is 7.48. The molecule has 49 heavy (non-hydrogen) atoms. The average Bonchev–Trinajstić information content (AvgIpc) is 3.61. The van der Waals surface area contributed by atoms with Gasteiger partial charge in [-0.3, -0.25) is 23.2 Å². The molecule has 1 unspecified atom stereocenters. The first-order valence-corrected chi connectivity index (χ1v) is 18.2. The molecule has 1 N–H and O–H groups in total. The number of phosphoric acid groups is 1. The van der Waals surface area contributed by atoms with Gasteiger partial charge in [-0.1, -0.05) is 36.9 Å². The molecule has 0 saturated carbocycles. The fraction of sp³-hybridized carbons (Fsp3) is 0.459. The fourth-order valence-corrected chi connectivity index (χ4v) is 8.05. The SMILES string of the molecule is C=Cc1c(/C=C\C)c2cn1CCC(CNC)OCCn1cc(c3ccccc31)C1=C2C(=O)N(COP(=O)(OC(C)(C)C)OC(C)(C)C)C1=O. The van der Waals surface area contributed by atoms with Crippen LogP contribution in [0.1, 0.15) is 77.3 Å². The number of aromatic nitrogens is 2. The van der Waals surface area contributed by atoms with Gasteiger partial charge in [0.1, 0.15) is 6.73 Å². The number of nitrogens with one attached hydrogen (secondary N) is 1. The van der Waals surface area contributed by atoms with E-state index in [1.807, 2.05) is 62.8 Å². The number of ether oxygens (including phenoxy) is 1. The van der Waals surface area contributed by atoms with Crippen LogP contribution in [0, 0.1) is 0 Å². The minimum atomic E-state index is -4.25. The van der Waals surface area contributed by atoms with Gasteiger partial charge >= 0.3 is 7.82 Å². The van der Waals surface area contributed by atoms with E-state index < -0.39 is 37.6 Å². The Morgan fingerprint density at radius 2 is 1.61 bits per heavy atom. The van der Waals surface area contributed by atoms with Crippen molar-refractivity contribution in [3.8, 4) is 0 Å². The second-order valence-electron chi connectivity index (χ2n) is 14.2. The van der Waals surface area contributed by atoms with Gasteiger partial charge in [-0.15, -0.1) is 0 Å². The molecule has 2 aliphatic rings. The number of carbonyl (C=O) groups excluding carboxylic acids is 2. The standard InChI is InChI=1S/C37H49N4O7P/c1-10-14-26-28-22-39(30(26)11-2)18-17-25(21-38-9)45-20-19-40-23-29(27-15-12-13-16-31(27)40)33-32(28)34(42)41(35(33)43)24-46-49(44,47-36(3,4)5)48-37(6,7)8/h10-16,22-23,25,38H,2,17-21,24H2,1,3-9H3/b14-10-. The monoisotopic (exact) mass is 692 g/mol. The number of nitrogens with zero attached hydrogens (tertiary/aromatic N) is 3. The van der Waals surface area contributed by atoms with Crippen LogP contribution in [-0.2, 0) is 45.6 Å². The van der Waals surface area contributed by atoms with Crippen LogP contribution < -0.4 is 5.32 Å². The van der Waals surface area contributed by atoms with Crippen molar-refractivity contribution in [2.75, 3.05) is 26.9 Å². The molecule has 0 spiro atoms. The Kier molecular flexibility index (Phi) is 10.7. The van der Waals surface area contributed by atoms with Crippen molar-refractivity contribution in [3.63, 3.8) is 0 Å². The van der Waals surface area contributed by atoms with Crippen molar-refractivity contribution in [3.05, 3.63) is 71.7 Å². The quantitative estimate of drug-likeness (QED) is 0.186. The predicted molar refractivity (Wildman–Crippen MR) is 193 cm³/mol. The molecule has 0 fully saturated rings. The number of likely N-dealkylation sites (N-methyl/N-ethyl adjacent to an activating group) is 1. The molecule has 2 aromatic heterocycles. The van der Waals surface area contributed by atoms with Gasteiger partial charge in [0.25, 0.3) is 11.8 Å². The van der Waals surface area contributed by atoms with Crippen LogP contribution in [0.25, 0.3) is 34.2 Å². The largest absolute Gasteiger partial charge is 0.477 e. The Balaban J connectivity index is 1.70. The number of carbonyl (C=O) groups is 2. The summed E-state index contributed by atoms with van der Waals surface area (Å²) < 4.78 is 41.9. The van der Waals surface area contributed by atoms with E-state index in [9.17, 15) is 14.2 Å². The van der Waals surface area contributed by atoms with Crippen molar-refractivity contribution < 1.29 is 32.5 Å². The third-order valence-electron chi connectivity index (χ3n) is 8.11. The van der Waals surface area contributed by atoms with Crippen LogP contribution >= 0.6 is 7.82 Å². The molecule has 1 aromatic carbocycles. The lowest BCUT2D eigenvalue weighted by Gasteiger charge is -2.31. The molecule has 11 nitrogen and oxygen atoms in total. The summed E-state index contributed by atoms with van der Waals surface area (Å²) in [6, 6.07) is 7.79. The molecule has 4 heterocycles. The van der Waals surface area contributed by atoms with Gasteiger partial charge in [0, 0.05) is 65.3 Å². The van der Waals surface area contributed by atoms with Crippen LogP contribution in [0.3, 0.4) is 0 Å². The van der Waals surface area contributed by atoms with Crippen molar-refractivity contribution in [2.45, 2.75) is 85.3 Å². The first-order chi connectivity index (χ1) is 23.1. The predicted octanol–water partition coefficient (Wildman–Crippen LogP) is 7.12. The number of benzene rings is 1. The molecule has 1 atom stereocenters. The number of amides is 2. The summed E-state index contributed by atoms with van der Waals surface area (Å²) in [6.07, 6.45) is 10.1. The van der Waals surface area contributed by atoms with Crippen molar-refractivity contribution in [1.82, 2.24) is 19.4 Å². The van der Waals surface area contributed by atoms with Crippen LogP contribution in [0.4, 0.5) is 0 Å². The Morgan fingerprint density at radius 3 is 2.22 bits per heavy atom. The summed E-state index contributed by atoms with van der Waals surface area (Å²) in [4.78, 5) is 30.2. The average molecular weight is 693 g/mol. The lowest BCUT2D eigenvalue weighted by Crippen LogP contribution is -2.34. The number of fused-ring (bicyclic) bond motifs is 9. The zero-order valence-corrected chi connectivity index (χ0v) is 30.8. The van der Waals surface area contributed by atoms with Crippen molar-refractivity contribution in [1.29, 1.82) is 0 Å². The molecule has 0 saturated heterocycles. The van der Waals surface area contributed by atoms with Gasteiger partial charge in [-0.2, -0.15) is 0 Å². The Hall–Kier alpha value is -3.57. The second-order valence-corrected chi connectivity index (χ2v) is 15.8. The number of imide groups is 1. The summed E-state index contributed by atoms with van der Waals surface area (Å²) in [5, 5.41) is 4.05. The molecule has 2 amide bonds. The third kappa shape index (κ3) is 7.93. The van der Waals surface area contributed by atoms with Crippen LogP contribution in [0.15, 0.2) is 49.3 Å². The summed E-state index contributed by atoms with van der Waals surface area (Å²) in [7, 11) is -2.35. The van der Waals surface area contributed by atoms with E-state index >= 15 is 0 Å². The van der Waals surface area contributed by atoms with E-state index in [2.05, 4.69) is 21.0 Å². The molecule has 0 radical (unpaired) electrons. The Bertz CT molecular complexity index is 1830. The topological polar surface area (TPSA) is 113 Å². The second kappa shape index (κ2) is 14.3. The van der Waals surface area contributed by atoms with Gasteiger partial charge in [0.2, 0.25) is 0 Å². The third-order valence-corrected chi connectivity index (χ3v) is 10.1. The summed E-state index contributed by atoms with van der Waals surface area (Å²) in [5.41, 5.74) is 2.34. The van der Waals surface area contributed by atoms with Crippen LogP contribution in [0.2, 0.25) is 0 Å². The van der Waals surface area contributed by atoms with Crippen LogP contribution in [-0.4, -0.2) is 70.1 Å². The maximum absolute atomic E-state index is 14.6. The number of aryl methyl sites for hydroxylation is 1. The minimum absolute atomic E-state index is 0.0543. The first-order valence-electron chi connectivity index (χ1n) is 16.7. The number of para-hydroxylation sites is 1. The zero-order valence-electron chi connectivity index (χ0n) is 29.9. The smallest absolute Gasteiger partial charge is 0.375 e. The van der Waals surface area contributed by atoms with E-state index in [0.717, 1.165) is 27.1 Å². The number of phosphoric ester groups is 1. The maximum atomic E-state index is 14.6. The van der Waals surface area contributed by atoms with Gasteiger partial charge in [0.05, 0.1) is 35.1 Å². The molecule has 3 aromatic rings. The van der Waals surface area contributed by atoms with Crippen molar-refractivity contribution in [2.24, 2.45) is 0 Å². The molecular formula is C37H49N4O7P. The molecule has 12 heteroatoms. The number of hydrogen-bond acceptors (Lipinski definition) is 8. The Labute approximate surface area is 289 Å². The van der Waals surface area contributed by atoms with E-state index in [4.69, 9.17) is 18.3 Å². The highest BCUT2D eigenvalue weighted by atomic mass is 31.2. The number of rotatable bonds is 9. The molecule has 2 aliphatic heterocycles. The van der Waals surface area contributed by atoms with Crippen LogP contribution in [0.5, 0.6) is 0 Å². The van der Waals surface area contributed by atoms with Gasteiger partial charge in [-0.05, 0) is 74.1 Å². The van der Waals surface area contributed by atoms with Gasteiger partial charge in [-0.25, -0.2) is 9.46 Å². The lowest BCUT2D eigenvalue weighted by molar-refractivity contribution is -0.140. The lowest BCUT2D eigenvalue weighted by atomic mass is 9.94. The van der Waals surface area contributed by atoms with Gasteiger partial charge < -0.3 is 19.2 Å². The van der Waals surface area contributed by atoms with Crippen molar-refractivity contribution >= 4 is 53.8 Å². The normalized spacial score (nSPS) is 18.1. The summed E-state index contributed by atoms with van der Waals surface area (Å²) in [5.74, 6) is -1.14. The van der Waals surface area contributed by atoms with Gasteiger partial charge in [0.15, 0.2) is 0 Å². The number of allylic oxidation sites excluding steroid dienone is 1. The Morgan fingerprint density at radius 1 is 0.980 bits per heavy atom. The fourth-order valence-electron chi connectivity index (χ4n) is 6.31. The summed E-state index contributed by atoms with van der Waals surface area (Å²) >= 11 is 0. The first kappa shape index (κ1) is 36.7. The van der Waals surface area contributed by atoms with E-state index in [1.54, 1.807) is 47.6 Å². The zero-order chi connectivity index (χ0) is 35.7. The summed E-state index contributed by atoms with van der Waals surface area (Å²) in [6.45, 7) is 18.0. The molecule has 4 bridgehead atoms. The minimum Gasteiger partial charge on any atom is -0.375 e. The highest BCUT2D eigenvalue weighted by Gasteiger charge is 2.45. The highest BCUT2D eigenvalue weighted by Crippen LogP contribution is 2.56. The van der Waals surface area contributed by atoms with E-state index in [-0.39, 0.29) is 17.3 Å². The molecule has 264 valence electrons. The maximum Gasteiger partial charge on any atom is 0.477 e. The molecule has 5 rings (SSSR count). The molecule has 0 aliphatic carbocycles.